The molecule has 0 radical (unpaired) electrons. The van der Waals surface area contributed by atoms with Gasteiger partial charge in [0.25, 0.3) is 0 Å². The fourth-order valence-electron chi connectivity index (χ4n) is 3.20. The quantitative estimate of drug-likeness (QED) is 0.849. The van der Waals surface area contributed by atoms with E-state index in [0.29, 0.717) is 29.6 Å². The molecule has 1 aliphatic rings. The maximum absolute atomic E-state index is 12.5. The summed E-state index contributed by atoms with van der Waals surface area (Å²) in [4.78, 5) is 29.0. The van der Waals surface area contributed by atoms with Gasteiger partial charge in [0.2, 0.25) is 11.7 Å². The predicted molar refractivity (Wildman–Crippen MR) is 94.4 cm³/mol. The molecule has 0 bridgehead atoms. The molecule has 1 amide bonds. The summed E-state index contributed by atoms with van der Waals surface area (Å²) in [7, 11) is 1.78. The van der Waals surface area contributed by atoms with E-state index in [0.717, 1.165) is 6.42 Å². The predicted octanol–water partition coefficient (Wildman–Crippen LogP) is 2.65. The summed E-state index contributed by atoms with van der Waals surface area (Å²) in [5.41, 5.74) is 1.22. The van der Waals surface area contributed by atoms with Crippen molar-refractivity contribution in [3.63, 3.8) is 0 Å². The van der Waals surface area contributed by atoms with Crippen LogP contribution in [0.4, 0.5) is 5.69 Å². The lowest BCUT2D eigenvalue weighted by Gasteiger charge is -2.21. The maximum Gasteiger partial charge on any atom is 0.230 e. The van der Waals surface area contributed by atoms with Crippen molar-refractivity contribution in [1.82, 2.24) is 9.55 Å². The zero-order chi connectivity index (χ0) is 18.0. The molecule has 2 heterocycles. The third-order valence-corrected chi connectivity index (χ3v) is 4.57. The van der Waals surface area contributed by atoms with Gasteiger partial charge in [0.1, 0.15) is 0 Å². The molecule has 2 aromatic rings. The first-order valence-corrected chi connectivity index (χ1v) is 8.52. The molecule has 6 heteroatoms. The van der Waals surface area contributed by atoms with E-state index in [9.17, 15) is 9.59 Å². The largest absolute Gasteiger partial charge is 0.377 e. The second-order valence-corrected chi connectivity index (χ2v) is 6.73. The minimum absolute atomic E-state index is 0.0284. The van der Waals surface area contributed by atoms with Gasteiger partial charge in [-0.3, -0.25) is 9.59 Å². The summed E-state index contributed by atoms with van der Waals surface area (Å²) in [5, 5.41) is 2.93. The Morgan fingerprint density at radius 3 is 2.60 bits per heavy atom. The second-order valence-electron chi connectivity index (χ2n) is 6.73. The molecule has 6 nitrogen and oxygen atoms in total. The van der Waals surface area contributed by atoms with Crippen LogP contribution in [-0.4, -0.2) is 34.0 Å². The van der Waals surface area contributed by atoms with Crippen molar-refractivity contribution in [3.05, 3.63) is 48.0 Å². The van der Waals surface area contributed by atoms with Gasteiger partial charge in [-0.2, -0.15) is 0 Å². The fourth-order valence-corrected chi connectivity index (χ4v) is 3.20. The molecule has 1 saturated heterocycles. The fraction of sp³-hybridized carbons (Fsp3) is 0.421. The molecule has 1 aromatic carbocycles. The van der Waals surface area contributed by atoms with Crippen molar-refractivity contribution in [2.75, 3.05) is 11.9 Å². The Kier molecular flexibility index (Phi) is 4.99. The zero-order valence-corrected chi connectivity index (χ0v) is 14.7. The topological polar surface area (TPSA) is 73.2 Å². The minimum Gasteiger partial charge on any atom is -0.377 e. The molecule has 1 fully saturated rings. The summed E-state index contributed by atoms with van der Waals surface area (Å²) in [6.45, 7) is 4.75. The molecule has 2 atom stereocenters. The van der Waals surface area contributed by atoms with Crippen molar-refractivity contribution >= 4 is 17.4 Å². The number of anilines is 1. The highest BCUT2D eigenvalue weighted by Gasteiger charge is 2.35. The first-order valence-electron chi connectivity index (χ1n) is 8.52. The molecule has 2 unspecified atom stereocenters. The van der Waals surface area contributed by atoms with Gasteiger partial charge < -0.3 is 14.6 Å². The Labute approximate surface area is 147 Å². The standard InChI is InChI=1S/C19H23N3O3/c1-12(2)17-15(8-11-25-17)19(24)21-14-6-4-13(5-7-14)16(23)18-20-9-10-22(18)3/h4-7,9-10,12,15,17H,8,11H2,1-3H3,(H,21,24). The highest BCUT2D eigenvalue weighted by atomic mass is 16.5. The molecule has 0 spiro atoms. The van der Waals surface area contributed by atoms with Gasteiger partial charge in [0, 0.05) is 37.3 Å². The normalized spacial score (nSPS) is 20.0. The van der Waals surface area contributed by atoms with E-state index in [1.807, 2.05) is 0 Å². The molecular formula is C19H23N3O3. The number of hydrogen-bond acceptors (Lipinski definition) is 4. The second kappa shape index (κ2) is 7.19. The Morgan fingerprint density at radius 1 is 1.28 bits per heavy atom. The van der Waals surface area contributed by atoms with Crippen molar-refractivity contribution < 1.29 is 14.3 Å². The monoisotopic (exact) mass is 341 g/mol. The van der Waals surface area contributed by atoms with Crippen LogP contribution in [0.1, 0.15) is 36.5 Å². The smallest absolute Gasteiger partial charge is 0.230 e. The third kappa shape index (κ3) is 3.64. The number of amides is 1. The van der Waals surface area contributed by atoms with Gasteiger partial charge in [-0.1, -0.05) is 13.8 Å². The number of rotatable bonds is 5. The summed E-state index contributed by atoms with van der Waals surface area (Å²) >= 11 is 0. The number of carbonyl (C=O) groups excluding carboxylic acids is 2. The van der Waals surface area contributed by atoms with Crippen LogP contribution in [-0.2, 0) is 16.6 Å². The van der Waals surface area contributed by atoms with Crippen LogP contribution in [0.3, 0.4) is 0 Å². The number of ketones is 1. The molecule has 1 aliphatic heterocycles. The molecular weight excluding hydrogens is 318 g/mol. The minimum atomic E-state index is -0.144. The van der Waals surface area contributed by atoms with Crippen LogP contribution in [0, 0.1) is 11.8 Å². The maximum atomic E-state index is 12.5. The average molecular weight is 341 g/mol. The first kappa shape index (κ1) is 17.4. The summed E-state index contributed by atoms with van der Waals surface area (Å²) in [6.07, 6.45) is 4.03. The Balaban J connectivity index is 1.68. The average Bonchev–Trinajstić information content (AvgIpc) is 3.23. The lowest BCUT2D eigenvalue weighted by Crippen LogP contribution is -2.32. The Hall–Kier alpha value is -2.47. The lowest BCUT2D eigenvalue weighted by molar-refractivity contribution is -0.122. The van der Waals surface area contributed by atoms with E-state index in [4.69, 9.17) is 4.74 Å². The lowest BCUT2D eigenvalue weighted by atomic mass is 9.92. The number of carbonyl (C=O) groups is 2. The van der Waals surface area contributed by atoms with Crippen molar-refractivity contribution in [3.8, 4) is 0 Å². The summed E-state index contributed by atoms with van der Waals surface area (Å²) in [6, 6.07) is 6.90. The van der Waals surface area contributed by atoms with Gasteiger partial charge in [-0.25, -0.2) is 4.98 Å². The molecule has 0 aliphatic carbocycles. The van der Waals surface area contributed by atoms with Crippen molar-refractivity contribution in [2.24, 2.45) is 18.9 Å². The Morgan fingerprint density at radius 2 is 2.00 bits per heavy atom. The molecule has 1 aromatic heterocycles. The van der Waals surface area contributed by atoms with E-state index in [1.165, 1.54) is 0 Å². The SMILES string of the molecule is CC(C)C1OCCC1C(=O)Nc1ccc(C(=O)c2nccn2C)cc1. The number of nitrogens with one attached hydrogen (secondary N) is 1. The van der Waals surface area contributed by atoms with Crippen LogP contribution < -0.4 is 5.32 Å². The molecule has 3 rings (SSSR count). The van der Waals surface area contributed by atoms with Gasteiger partial charge in [0.05, 0.1) is 12.0 Å². The van der Waals surface area contributed by atoms with Crippen LogP contribution in [0.2, 0.25) is 0 Å². The number of hydrogen-bond donors (Lipinski definition) is 1. The van der Waals surface area contributed by atoms with Crippen LogP contribution in [0.25, 0.3) is 0 Å². The number of nitrogens with zero attached hydrogens (tertiary/aromatic N) is 2. The van der Waals surface area contributed by atoms with E-state index in [1.54, 1.807) is 48.3 Å². The van der Waals surface area contributed by atoms with Crippen LogP contribution in [0.5, 0.6) is 0 Å². The van der Waals surface area contributed by atoms with Gasteiger partial charge in [0.15, 0.2) is 5.82 Å². The van der Waals surface area contributed by atoms with Gasteiger partial charge in [-0.05, 0) is 36.6 Å². The van der Waals surface area contributed by atoms with Crippen LogP contribution in [0.15, 0.2) is 36.7 Å². The zero-order valence-electron chi connectivity index (χ0n) is 14.7. The highest BCUT2D eigenvalue weighted by molar-refractivity contribution is 6.07. The van der Waals surface area contributed by atoms with E-state index < -0.39 is 0 Å². The van der Waals surface area contributed by atoms with Crippen molar-refractivity contribution in [1.29, 1.82) is 0 Å². The first-order chi connectivity index (χ1) is 12.0. The number of aryl methyl sites for hydroxylation is 1. The number of benzene rings is 1. The highest BCUT2D eigenvalue weighted by Crippen LogP contribution is 2.28. The van der Waals surface area contributed by atoms with Crippen LogP contribution >= 0.6 is 0 Å². The molecule has 0 saturated carbocycles. The van der Waals surface area contributed by atoms with E-state index in [-0.39, 0.29) is 23.7 Å². The summed E-state index contributed by atoms with van der Waals surface area (Å²) < 4.78 is 7.36. The number of ether oxygens (including phenoxy) is 1. The molecule has 1 N–H and O–H groups in total. The van der Waals surface area contributed by atoms with Gasteiger partial charge >= 0.3 is 0 Å². The molecule has 132 valence electrons. The Bertz CT molecular complexity index is 764. The third-order valence-electron chi connectivity index (χ3n) is 4.57. The molecule has 25 heavy (non-hydrogen) atoms. The van der Waals surface area contributed by atoms with Gasteiger partial charge in [-0.15, -0.1) is 0 Å². The number of imidazole rings is 1. The van der Waals surface area contributed by atoms with E-state index >= 15 is 0 Å². The van der Waals surface area contributed by atoms with Crippen molar-refractivity contribution in [2.45, 2.75) is 26.4 Å². The summed E-state index contributed by atoms with van der Waals surface area (Å²) in [5.74, 6) is 0.387. The van der Waals surface area contributed by atoms with E-state index in [2.05, 4.69) is 24.1 Å². The number of aromatic nitrogens is 2.